The quantitative estimate of drug-likeness (QED) is 0.458. The lowest BCUT2D eigenvalue weighted by atomic mass is 9.78. The number of hydrogen-bond acceptors (Lipinski definition) is 1. The van der Waals surface area contributed by atoms with Gasteiger partial charge >= 0.3 is 0 Å². The number of aryl methyl sites for hydroxylation is 1. The maximum atomic E-state index is 14.6. The Hall–Kier alpha value is -1.03. The molecule has 0 aromatic heterocycles. The number of benzene rings is 1. The summed E-state index contributed by atoms with van der Waals surface area (Å²) in [5, 5.41) is 0. The highest BCUT2D eigenvalue weighted by molar-refractivity contribution is 5.36. The van der Waals surface area contributed by atoms with E-state index in [4.69, 9.17) is 4.74 Å². The highest BCUT2D eigenvalue weighted by Crippen LogP contribution is 2.40. The van der Waals surface area contributed by atoms with Gasteiger partial charge in [-0.2, -0.15) is 0 Å². The molecule has 2 saturated carbocycles. The van der Waals surface area contributed by atoms with Gasteiger partial charge < -0.3 is 4.74 Å². The van der Waals surface area contributed by atoms with E-state index >= 15 is 0 Å². The van der Waals surface area contributed by atoms with Crippen LogP contribution in [0.25, 0.3) is 0 Å². The topological polar surface area (TPSA) is 9.23 Å². The van der Waals surface area contributed by atoms with Crippen LogP contribution in [0, 0.1) is 24.6 Å². The molecule has 2 aliphatic carbocycles. The fraction of sp³-hybridized carbons (Fsp3) is 0.750. The normalized spacial score (nSPS) is 28.6. The van der Waals surface area contributed by atoms with E-state index in [0.717, 1.165) is 38.2 Å². The molecule has 0 saturated heterocycles. The fourth-order valence-corrected chi connectivity index (χ4v) is 5.20. The van der Waals surface area contributed by atoms with Gasteiger partial charge in [-0.05, 0) is 87.2 Å². The SMILES string of the molecule is CCCC1CCC(OCC2CCC(c3ccc(C)c(C(F)F)c3F)CC2)CC1. The predicted octanol–water partition coefficient (Wildman–Crippen LogP) is 7.72. The fourth-order valence-electron chi connectivity index (χ4n) is 5.20. The minimum absolute atomic E-state index is 0.0545. The van der Waals surface area contributed by atoms with Crippen molar-refractivity contribution in [2.24, 2.45) is 11.8 Å². The van der Waals surface area contributed by atoms with Crippen LogP contribution in [0.15, 0.2) is 12.1 Å². The Bertz CT molecular complexity index is 615. The average Bonchev–Trinajstić information content (AvgIpc) is 2.68. The molecule has 158 valence electrons. The molecular weight excluding hydrogens is 361 g/mol. The molecule has 28 heavy (non-hydrogen) atoms. The molecule has 0 bridgehead atoms. The lowest BCUT2D eigenvalue weighted by molar-refractivity contribution is -0.00841. The highest BCUT2D eigenvalue weighted by Gasteiger charge is 2.29. The van der Waals surface area contributed by atoms with E-state index in [-0.39, 0.29) is 5.92 Å². The van der Waals surface area contributed by atoms with Crippen molar-refractivity contribution in [2.45, 2.75) is 96.5 Å². The van der Waals surface area contributed by atoms with Gasteiger partial charge in [0, 0.05) is 6.61 Å². The van der Waals surface area contributed by atoms with Crippen LogP contribution >= 0.6 is 0 Å². The van der Waals surface area contributed by atoms with E-state index in [9.17, 15) is 13.2 Å². The Kier molecular flexibility index (Phi) is 7.85. The van der Waals surface area contributed by atoms with Gasteiger partial charge in [0.1, 0.15) is 5.82 Å². The van der Waals surface area contributed by atoms with E-state index in [1.54, 1.807) is 19.1 Å². The Balaban J connectivity index is 1.46. The molecule has 0 radical (unpaired) electrons. The average molecular weight is 397 g/mol. The number of hydrogen-bond donors (Lipinski definition) is 0. The zero-order chi connectivity index (χ0) is 20.1. The zero-order valence-corrected chi connectivity index (χ0v) is 17.4. The lowest BCUT2D eigenvalue weighted by Gasteiger charge is -2.32. The molecule has 0 unspecified atom stereocenters. The van der Waals surface area contributed by atoms with E-state index in [1.807, 2.05) is 0 Å². The third kappa shape index (κ3) is 5.31. The van der Waals surface area contributed by atoms with Crippen molar-refractivity contribution in [1.82, 2.24) is 0 Å². The zero-order valence-electron chi connectivity index (χ0n) is 17.4. The third-order valence-corrected chi connectivity index (χ3v) is 6.99. The van der Waals surface area contributed by atoms with Gasteiger partial charge in [-0.15, -0.1) is 0 Å². The van der Waals surface area contributed by atoms with Crippen LogP contribution in [-0.4, -0.2) is 12.7 Å². The second kappa shape index (κ2) is 10.1. The summed E-state index contributed by atoms with van der Waals surface area (Å²) in [6, 6.07) is 3.36. The molecule has 1 aromatic rings. The van der Waals surface area contributed by atoms with Crippen LogP contribution in [0.2, 0.25) is 0 Å². The Morgan fingerprint density at radius 3 is 2.21 bits per heavy atom. The minimum Gasteiger partial charge on any atom is -0.378 e. The van der Waals surface area contributed by atoms with E-state index < -0.39 is 17.8 Å². The highest BCUT2D eigenvalue weighted by atomic mass is 19.3. The molecule has 0 N–H and O–H groups in total. The first-order valence-electron chi connectivity index (χ1n) is 11.2. The second-order valence-corrected chi connectivity index (χ2v) is 8.98. The van der Waals surface area contributed by atoms with Gasteiger partial charge in [0.15, 0.2) is 0 Å². The van der Waals surface area contributed by atoms with Gasteiger partial charge in [0.2, 0.25) is 0 Å². The smallest absolute Gasteiger partial charge is 0.266 e. The van der Waals surface area contributed by atoms with Crippen LogP contribution in [-0.2, 0) is 4.74 Å². The molecule has 3 rings (SSSR count). The molecule has 0 atom stereocenters. The number of ether oxygens (including phenoxy) is 1. The second-order valence-electron chi connectivity index (χ2n) is 8.98. The molecule has 1 aromatic carbocycles. The first-order valence-corrected chi connectivity index (χ1v) is 11.2. The Labute approximate surface area is 168 Å². The summed E-state index contributed by atoms with van der Waals surface area (Å²) < 4.78 is 47.2. The summed E-state index contributed by atoms with van der Waals surface area (Å²) in [6.45, 7) is 4.61. The maximum Gasteiger partial charge on any atom is 0.266 e. The van der Waals surface area contributed by atoms with E-state index in [0.29, 0.717) is 23.1 Å². The first-order chi connectivity index (χ1) is 13.5. The molecular formula is C24H35F3O. The van der Waals surface area contributed by atoms with Crippen LogP contribution in [0.1, 0.15) is 100 Å². The Morgan fingerprint density at radius 1 is 0.964 bits per heavy atom. The Morgan fingerprint density at radius 2 is 1.61 bits per heavy atom. The molecule has 2 aliphatic rings. The van der Waals surface area contributed by atoms with Crippen LogP contribution in [0.4, 0.5) is 13.2 Å². The van der Waals surface area contributed by atoms with Gasteiger partial charge in [-0.3, -0.25) is 0 Å². The molecule has 0 amide bonds. The van der Waals surface area contributed by atoms with Crippen molar-refractivity contribution in [2.75, 3.05) is 6.61 Å². The van der Waals surface area contributed by atoms with Gasteiger partial charge in [-0.25, -0.2) is 13.2 Å². The van der Waals surface area contributed by atoms with Gasteiger partial charge in [0.25, 0.3) is 6.43 Å². The van der Waals surface area contributed by atoms with Crippen molar-refractivity contribution in [3.63, 3.8) is 0 Å². The summed E-state index contributed by atoms with van der Waals surface area (Å²) in [7, 11) is 0. The number of alkyl halides is 2. The van der Waals surface area contributed by atoms with E-state index in [2.05, 4.69) is 6.92 Å². The van der Waals surface area contributed by atoms with E-state index in [1.165, 1.54) is 38.5 Å². The molecule has 0 aliphatic heterocycles. The van der Waals surface area contributed by atoms with Crippen molar-refractivity contribution in [3.8, 4) is 0 Å². The molecule has 0 spiro atoms. The molecule has 0 heterocycles. The summed E-state index contributed by atoms with van der Waals surface area (Å²) in [5.41, 5.74) is 0.406. The summed E-state index contributed by atoms with van der Waals surface area (Å²) in [5.74, 6) is 0.785. The standard InChI is InChI=1S/C24H35F3O/c1-3-4-17-8-12-20(13-9-17)28-15-18-6-10-19(11-7-18)21-14-5-16(2)22(23(21)25)24(26)27/h5,14,17-20,24H,3-4,6-13,15H2,1-2H3. The van der Waals surface area contributed by atoms with Crippen LogP contribution < -0.4 is 0 Å². The molecule has 2 fully saturated rings. The van der Waals surface area contributed by atoms with Crippen molar-refractivity contribution >= 4 is 0 Å². The predicted molar refractivity (Wildman–Crippen MR) is 107 cm³/mol. The monoisotopic (exact) mass is 396 g/mol. The van der Waals surface area contributed by atoms with Crippen LogP contribution in [0.5, 0.6) is 0 Å². The lowest BCUT2D eigenvalue weighted by Crippen LogP contribution is -2.26. The largest absolute Gasteiger partial charge is 0.378 e. The third-order valence-electron chi connectivity index (χ3n) is 6.99. The van der Waals surface area contributed by atoms with Gasteiger partial charge in [0.05, 0.1) is 11.7 Å². The summed E-state index contributed by atoms with van der Waals surface area (Å²) >= 11 is 0. The van der Waals surface area contributed by atoms with Crippen molar-refractivity contribution in [3.05, 3.63) is 34.6 Å². The minimum atomic E-state index is -2.75. The van der Waals surface area contributed by atoms with Crippen molar-refractivity contribution in [1.29, 1.82) is 0 Å². The first kappa shape index (κ1) is 21.7. The summed E-state index contributed by atoms with van der Waals surface area (Å²) in [4.78, 5) is 0. The number of halogens is 3. The molecule has 4 heteroatoms. The maximum absolute atomic E-state index is 14.6. The van der Waals surface area contributed by atoms with Crippen LogP contribution in [0.3, 0.4) is 0 Å². The molecule has 1 nitrogen and oxygen atoms in total. The van der Waals surface area contributed by atoms with Crippen molar-refractivity contribution < 1.29 is 17.9 Å². The summed E-state index contributed by atoms with van der Waals surface area (Å²) in [6.07, 6.45) is 8.95. The number of rotatable bonds is 7. The van der Waals surface area contributed by atoms with Gasteiger partial charge in [-0.1, -0.05) is 31.9 Å².